The average Bonchev–Trinajstić information content (AvgIpc) is 2.97. The van der Waals surface area contributed by atoms with Gasteiger partial charge in [0, 0.05) is 16.7 Å². The van der Waals surface area contributed by atoms with Gasteiger partial charge in [0.15, 0.2) is 11.5 Å². The average molecular weight is 437 g/mol. The number of halogens is 2. The molecule has 0 unspecified atom stereocenters. The number of allylic oxidation sites excluding steroid dienone is 4. The molecule has 0 spiro atoms. The second-order valence-corrected chi connectivity index (χ2v) is 11.0. The Bertz CT molecular complexity index is 779. The SMILES string of the molecule is CCCCCCC[C@]12C[C@H](O)[C@@]3(F)[C@@H](C[C@H](F)C4=CC(=O)C=C[C@@]43C)[C@@H]1C[C@@H](C)[C@H]2O. The molecule has 0 saturated heterocycles. The Balaban J connectivity index is 1.70. The first-order valence-corrected chi connectivity index (χ1v) is 12.3. The molecule has 3 nitrogen and oxygen atoms in total. The van der Waals surface area contributed by atoms with Crippen LogP contribution >= 0.6 is 0 Å². The predicted octanol–water partition coefficient (Wildman–Crippen LogP) is 5.25. The van der Waals surface area contributed by atoms with Crippen molar-refractivity contribution in [1.29, 1.82) is 0 Å². The summed E-state index contributed by atoms with van der Waals surface area (Å²) in [5.41, 5.74) is -3.78. The molecule has 31 heavy (non-hydrogen) atoms. The number of alkyl halides is 2. The van der Waals surface area contributed by atoms with E-state index < -0.39 is 40.8 Å². The minimum absolute atomic E-state index is 0.00136. The van der Waals surface area contributed by atoms with Crippen LogP contribution in [-0.2, 0) is 4.79 Å². The zero-order chi connectivity index (χ0) is 22.6. The van der Waals surface area contributed by atoms with E-state index >= 15 is 8.78 Å². The molecule has 0 radical (unpaired) electrons. The highest BCUT2D eigenvalue weighted by Gasteiger charge is 2.73. The van der Waals surface area contributed by atoms with Gasteiger partial charge in [-0.2, -0.15) is 0 Å². The third-order valence-electron chi connectivity index (χ3n) is 9.39. The zero-order valence-corrected chi connectivity index (χ0v) is 19.1. The van der Waals surface area contributed by atoms with Crippen LogP contribution in [0.3, 0.4) is 0 Å². The highest BCUT2D eigenvalue weighted by atomic mass is 19.1. The van der Waals surface area contributed by atoms with Crippen LogP contribution in [0.4, 0.5) is 8.78 Å². The fourth-order valence-corrected chi connectivity index (χ4v) is 7.81. The Morgan fingerprint density at radius 1 is 1.13 bits per heavy atom. The standard InChI is InChI=1S/C26H38F2O3/c1-4-5-6-7-8-10-25-15-22(30)26(28)19(18(25)12-16(2)23(25)31)14-21(27)20-13-17(29)9-11-24(20,26)3/h9,11,13,16,18-19,21-23,30-31H,4-8,10,12,14-15H2,1-3H3/t16-,18+,19+,21+,22+,23-,24+,25+,26+/m1/s1. The lowest BCUT2D eigenvalue weighted by Crippen LogP contribution is -2.68. The second-order valence-electron chi connectivity index (χ2n) is 11.0. The van der Waals surface area contributed by atoms with E-state index in [0.717, 1.165) is 32.1 Å². The van der Waals surface area contributed by atoms with Crippen molar-refractivity contribution in [3.63, 3.8) is 0 Å². The number of rotatable bonds is 6. The number of hydrogen-bond acceptors (Lipinski definition) is 3. The number of aliphatic hydroxyl groups is 2. The van der Waals surface area contributed by atoms with Crippen LogP contribution < -0.4 is 0 Å². The van der Waals surface area contributed by atoms with Gasteiger partial charge < -0.3 is 10.2 Å². The first-order valence-electron chi connectivity index (χ1n) is 12.3. The molecular formula is C26H38F2O3. The Hall–Kier alpha value is -1.07. The van der Waals surface area contributed by atoms with Gasteiger partial charge in [-0.25, -0.2) is 8.78 Å². The molecule has 4 aliphatic rings. The summed E-state index contributed by atoms with van der Waals surface area (Å²) < 4.78 is 32.5. The van der Waals surface area contributed by atoms with Crippen LogP contribution in [0.25, 0.3) is 0 Å². The molecule has 4 rings (SSSR count). The number of unbranched alkanes of at least 4 members (excludes halogenated alkanes) is 4. The molecule has 0 aromatic rings. The number of ketones is 1. The molecule has 3 fully saturated rings. The monoisotopic (exact) mass is 436 g/mol. The summed E-state index contributed by atoms with van der Waals surface area (Å²) in [5, 5.41) is 22.6. The quantitative estimate of drug-likeness (QED) is 0.559. The number of carbonyl (C=O) groups excluding carboxylic acids is 1. The summed E-state index contributed by atoms with van der Waals surface area (Å²) in [6, 6.07) is 0. The molecule has 0 aliphatic heterocycles. The Kier molecular flexibility index (Phi) is 6.00. The third-order valence-corrected chi connectivity index (χ3v) is 9.39. The topological polar surface area (TPSA) is 57.5 Å². The van der Waals surface area contributed by atoms with Crippen molar-refractivity contribution in [2.24, 2.45) is 28.6 Å². The summed E-state index contributed by atoms with van der Waals surface area (Å²) >= 11 is 0. The minimum Gasteiger partial charge on any atom is -0.392 e. The second kappa shape index (κ2) is 8.06. The number of fused-ring (bicyclic) bond motifs is 5. The van der Waals surface area contributed by atoms with Gasteiger partial charge in [-0.05, 0) is 62.2 Å². The van der Waals surface area contributed by atoms with Crippen LogP contribution in [0.1, 0.15) is 78.6 Å². The van der Waals surface area contributed by atoms with Crippen molar-refractivity contribution in [1.82, 2.24) is 0 Å². The molecule has 0 heterocycles. The number of carbonyl (C=O) groups is 1. The van der Waals surface area contributed by atoms with Crippen LogP contribution in [0.15, 0.2) is 23.8 Å². The van der Waals surface area contributed by atoms with Crippen LogP contribution in [0.5, 0.6) is 0 Å². The van der Waals surface area contributed by atoms with Gasteiger partial charge >= 0.3 is 0 Å². The zero-order valence-electron chi connectivity index (χ0n) is 19.1. The number of hydrogen-bond donors (Lipinski definition) is 2. The fourth-order valence-electron chi connectivity index (χ4n) is 7.81. The summed E-state index contributed by atoms with van der Waals surface area (Å²) in [7, 11) is 0. The molecule has 0 bridgehead atoms. The van der Waals surface area contributed by atoms with Gasteiger partial charge in [-0.1, -0.05) is 52.0 Å². The maximum atomic E-state index is 17.1. The maximum Gasteiger partial charge on any atom is 0.178 e. The largest absolute Gasteiger partial charge is 0.392 e. The van der Waals surface area contributed by atoms with Crippen molar-refractivity contribution in [2.45, 2.75) is 103 Å². The molecule has 0 aromatic heterocycles. The Morgan fingerprint density at radius 3 is 2.55 bits per heavy atom. The van der Waals surface area contributed by atoms with Gasteiger partial charge in [0.05, 0.1) is 12.2 Å². The van der Waals surface area contributed by atoms with E-state index in [1.165, 1.54) is 24.6 Å². The highest BCUT2D eigenvalue weighted by molar-refractivity contribution is 6.01. The molecular weight excluding hydrogens is 398 g/mol. The Labute approximate surface area is 185 Å². The molecule has 174 valence electrons. The molecule has 4 aliphatic carbocycles. The van der Waals surface area contributed by atoms with Gasteiger partial charge in [-0.15, -0.1) is 0 Å². The predicted molar refractivity (Wildman–Crippen MR) is 117 cm³/mol. The maximum absolute atomic E-state index is 17.1. The lowest BCUT2D eigenvalue weighted by Gasteiger charge is -2.62. The minimum atomic E-state index is -2.04. The summed E-state index contributed by atoms with van der Waals surface area (Å²) in [4.78, 5) is 11.9. The summed E-state index contributed by atoms with van der Waals surface area (Å²) in [6.07, 6.45) is 7.77. The molecule has 2 N–H and O–H groups in total. The van der Waals surface area contributed by atoms with Crippen molar-refractivity contribution in [2.75, 3.05) is 0 Å². The van der Waals surface area contributed by atoms with Crippen LogP contribution in [0.2, 0.25) is 0 Å². The van der Waals surface area contributed by atoms with Crippen molar-refractivity contribution in [3.8, 4) is 0 Å². The summed E-state index contributed by atoms with van der Waals surface area (Å²) in [6.45, 7) is 5.80. The Morgan fingerprint density at radius 2 is 1.84 bits per heavy atom. The molecule has 5 heteroatoms. The van der Waals surface area contributed by atoms with Crippen molar-refractivity contribution >= 4 is 5.78 Å². The van der Waals surface area contributed by atoms with Gasteiger partial charge in [0.2, 0.25) is 0 Å². The van der Waals surface area contributed by atoms with Gasteiger partial charge in [-0.3, -0.25) is 4.79 Å². The molecule has 0 aromatic carbocycles. The molecule has 3 saturated carbocycles. The first-order chi connectivity index (χ1) is 14.6. The first kappa shape index (κ1) is 23.1. The summed E-state index contributed by atoms with van der Waals surface area (Å²) in [5.74, 6) is -1.17. The van der Waals surface area contributed by atoms with E-state index in [9.17, 15) is 15.0 Å². The van der Waals surface area contributed by atoms with E-state index in [-0.39, 0.29) is 36.0 Å². The van der Waals surface area contributed by atoms with Crippen LogP contribution in [-0.4, -0.2) is 40.0 Å². The van der Waals surface area contributed by atoms with E-state index in [2.05, 4.69) is 6.92 Å². The third kappa shape index (κ3) is 3.20. The van der Waals surface area contributed by atoms with E-state index in [1.807, 2.05) is 6.92 Å². The molecule has 9 atom stereocenters. The van der Waals surface area contributed by atoms with E-state index in [1.54, 1.807) is 6.92 Å². The van der Waals surface area contributed by atoms with Crippen molar-refractivity contribution in [3.05, 3.63) is 23.8 Å². The number of aliphatic hydroxyl groups excluding tert-OH is 2. The van der Waals surface area contributed by atoms with Gasteiger partial charge in [0.25, 0.3) is 0 Å². The fraction of sp³-hybridized carbons (Fsp3) is 0.808. The normalized spacial score (nSPS) is 48.7. The lowest BCUT2D eigenvalue weighted by molar-refractivity contribution is -0.213. The highest BCUT2D eigenvalue weighted by Crippen LogP contribution is 2.69. The van der Waals surface area contributed by atoms with Crippen LogP contribution in [0, 0.1) is 28.6 Å². The van der Waals surface area contributed by atoms with Crippen molar-refractivity contribution < 1.29 is 23.8 Å². The smallest absolute Gasteiger partial charge is 0.178 e. The van der Waals surface area contributed by atoms with E-state index in [0.29, 0.717) is 6.42 Å². The van der Waals surface area contributed by atoms with Gasteiger partial charge in [0.1, 0.15) is 6.17 Å². The lowest BCUT2D eigenvalue weighted by atomic mass is 9.44. The molecule has 0 amide bonds. The van der Waals surface area contributed by atoms with E-state index in [4.69, 9.17) is 0 Å².